The van der Waals surface area contributed by atoms with Crippen molar-refractivity contribution >= 4 is 18.7 Å². The van der Waals surface area contributed by atoms with Gasteiger partial charge in [0.1, 0.15) is 0 Å². The molecule has 1 aliphatic heterocycles. The molecule has 178 valence electrons. The van der Waals surface area contributed by atoms with E-state index in [0.717, 1.165) is 36.5 Å². The summed E-state index contributed by atoms with van der Waals surface area (Å²) in [6.45, 7) is 11.0. The molecule has 4 rings (SSSR count). The highest BCUT2D eigenvalue weighted by atomic mass is 35.5. The highest BCUT2D eigenvalue weighted by molar-refractivity contribution is 6.45. The Balaban J connectivity index is 1.60. The van der Waals surface area contributed by atoms with Gasteiger partial charge in [-0.1, -0.05) is 90.5 Å². The van der Waals surface area contributed by atoms with Crippen LogP contribution in [0.25, 0.3) is 0 Å². The number of halogens is 1. The molecule has 1 unspecified atom stereocenters. The van der Waals surface area contributed by atoms with Gasteiger partial charge in [0.15, 0.2) is 0 Å². The summed E-state index contributed by atoms with van der Waals surface area (Å²) in [6.07, 6.45) is 0.747. The molecule has 0 saturated carbocycles. The monoisotopic (exact) mass is 475 g/mol. The Labute approximate surface area is 210 Å². The largest absolute Gasteiger partial charge is 0.458 e. The zero-order valence-corrected chi connectivity index (χ0v) is 21.5. The van der Waals surface area contributed by atoms with E-state index in [0.29, 0.717) is 0 Å². The smallest absolute Gasteiger partial charge is 0.403 e. The Kier molecular flexibility index (Phi) is 7.84. The van der Waals surface area contributed by atoms with Crippen molar-refractivity contribution in [3.05, 3.63) is 107 Å². The molecule has 1 aliphatic rings. The maximum absolute atomic E-state index is 6.72. The molecule has 0 amide bonds. The predicted molar refractivity (Wildman–Crippen MR) is 142 cm³/mol. The van der Waals surface area contributed by atoms with E-state index in [9.17, 15) is 0 Å². The minimum atomic E-state index is -0.351. The second-order valence-corrected chi connectivity index (χ2v) is 10.7. The van der Waals surface area contributed by atoms with Crippen LogP contribution >= 0.6 is 11.6 Å². The van der Waals surface area contributed by atoms with E-state index < -0.39 is 0 Å². The maximum atomic E-state index is 6.72. The van der Waals surface area contributed by atoms with Crippen molar-refractivity contribution in [2.75, 3.05) is 6.54 Å². The summed E-state index contributed by atoms with van der Waals surface area (Å²) >= 11 is 6.72. The molecule has 34 heavy (non-hydrogen) atoms. The highest BCUT2D eigenvalue weighted by Crippen LogP contribution is 2.40. The Morgan fingerprint density at radius 3 is 1.71 bits per heavy atom. The second kappa shape index (κ2) is 10.7. The fourth-order valence-electron chi connectivity index (χ4n) is 4.58. The molecule has 1 atom stereocenters. The van der Waals surface area contributed by atoms with Crippen LogP contribution in [-0.4, -0.2) is 29.8 Å². The van der Waals surface area contributed by atoms with Gasteiger partial charge >= 0.3 is 7.12 Å². The van der Waals surface area contributed by atoms with Crippen molar-refractivity contribution in [2.45, 2.75) is 64.2 Å². The lowest BCUT2D eigenvalue weighted by Gasteiger charge is -2.32. The van der Waals surface area contributed by atoms with Gasteiger partial charge in [0, 0.05) is 24.7 Å². The predicted octanol–water partition coefficient (Wildman–Crippen LogP) is 7.22. The van der Waals surface area contributed by atoms with Crippen LogP contribution in [0.5, 0.6) is 0 Å². The number of nitrogens with zero attached hydrogens (tertiary/aromatic N) is 1. The van der Waals surface area contributed by atoms with Gasteiger partial charge < -0.3 is 9.31 Å². The third kappa shape index (κ3) is 6.11. The summed E-state index contributed by atoms with van der Waals surface area (Å²) in [5.41, 5.74) is 3.04. The lowest BCUT2D eigenvalue weighted by atomic mass is 9.74. The molecule has 3 aromatic carbocycles. The first-order valence-corrected chi connectivity index (χ1v) is 12.5. The van der Waals surface area contributed by atoms with Crippen molar-refractivity contribution in [1.29, 1.82) is 0 Å². The van der Waals surface area contributed by atoms with E-state index >= 15 is 0 Å². The minimum absolute atomic E-state index is 0.163. The molecule has 5 heteroatoms. The molecule has 3 nitrogen and oxygen atoms in total. The van der Waals surface area contributed by atoms with Crippen LogP contribution in [0.15, 0.2) is 84.9 Å². The summed E-state index contributed by atoms with van der Waals surface area (Å²) in [7, 11) is -0.276. The van der Waals surface area contributed by atoms with Crippen molar-refractivity contribution in [3.63, 3.8) is 0 Å². The summed E-state index contributed by atoms with van der Waals surface area (Å²) in [6, 6.07) is 29.5. The fraction of sp³-hybridized carbons (Fsp3) is 0.379. The fourth-order valence-corrected chi connectivity index (χ4v) is 4.87. The number of rotatable bonds is 9. The normalized spacial score (nSPS) is 17.8. The first kappa shape index (κ1) is 25.0. The quantitative estimate of drug-likeness (QED) is 0.305. The highest BCUT2D eigenvalue weighted by Gasteiger charge is 2.51. The van der Waals surface area contributed by atoms with Gasteiger partial charge in [0.2, 0.25) is 0 Å². The Bertz CT molecular complexity index is 1000. The summed E-state index contributed by atoms with van der Waals surface area (Å²) in [5.74, 6) is 0.163. The minimum Gasteiger partial charge on any atom is -0.403 e. The molecule has 0 radical (unpaired) electrons. The molecular weight excluding hydrogens is 441 g/mol. The van der Waals surface area contributed by atoms with Gasteiger partial charge in [0.25, 0.3) is 0 Å². The lowest BCUT2D eigenvalue weighted by Crippen LogP contribution is -2.41. The van der Waals surface area contributed by atoms with E-state index in [-0.39, 0.29) is 24.2 Å². The average Bonchev–Trinajstić information content (AvgIpc) is 3.00. The molecule has 3 aromatic rings. The van der Waals surface area contributed by atoms with Crippen LogP contribution in [0, 0.1) is 0 Å². The Morgan fingerprint density at radius 2 is 1.21 bits per heavy atom. The van der Waals surface area contributed by atoms with E-state index in [1.807, 2.05) is 12.1 Å². The summed E-state index contributed by atoms with van der Waals surface area (Å²) in [4.78, 5) is 2.50. The van der Waals surface area contributed by atoms with Crippen LogP contribution in [0.4, 0.5) is 0 Å². The zero-order valence-electron chi connectivity index (χ0n) is 20.7. The van der Waals surface area contributed by atoms with Crippen LogP contribution in [-0.2, 0) is 22.4 Å². The summed E-state index contributed by atoms with van der Waals surface area (Å²) < 4.78 is 12.8. The van der Waals surface area contributed by atoms with Gasteiger partial charge in [-0.2, -0.15) is 0 Å². The average molecular weight is 476 g/mol. The second-order valence-electron chi connectivity index (χ2n) is 10.3. The third-order valence-electron chi connectivity index (χ3n) is 7.10. The van der Waals surface area contributed by atoms with Crippen molar-refractivity contribution in [3.8, 4) is 0 Å². The molecular formula is C29H35BClNO2. The van der Waals surface area contributed by atoms with Crippen LogP contribution in [0.3, 0.4) is 0 Å². The van der Waals surface area contributed by atoms with Crippen LogP contribution in [0.2, 0.25) is 11.3 Å². The molecule has 1 saturated heterocycles. The van der Waals surface area contributed by atoms with Crippen molar-refractivity contribution in [1.82, 2.24) is 4.90 Å². The Hall–Kier alpha value is -2.11. The first-order chi connectivity index (χ1) is 16.2. The number of hydrogen-bond acceptors (Lipinski definition) is 3. The molecule has 0 aliphatic carbocycles. The molecule has 0 aromatic heterocycles. The van der Waals surface area contributed by atoms with Gasteiger partial charge in [0.05, 0.1) is 11.2 Å². The Morgan fingerprint density at radius 1 is 0.735 bits per heavy atom. The molecule has 1 heterocycles. The van der Waals surface area contributed by atoms with Crippen molar-refractivity contribution in [2.24, 2.45) is 0 Å². The standard InChI is InChI=1S/C29H35BClNO2/c1-28(2)29(3,4)34-30(33-28)19-25(26-17-11-12-18-27(26)31)22-32(20-23-13-7-5-8-14-23)21-24-15-9-6-10-16-24/h5-18,25H,19-22H2,1-4H3. The topological polar surface area (TPSA) is 21.7 Å². The number of benzene rings is 3. The van der Waals surface area contributed by atoms with Gasteiger partial charge in [-0.15, -0.1) is 0 Å². The van der Waals surface area contributed by atoms with Gasteiger partial charge in [-0.05, 0) is 62.7 Å². The molecule has 0 N–H and O–H groups in total. The van der Waals surface area contributed by atoms with Crippen molar-refractivity contribution < 1.29 is 9.31 Å². The number of hydrogen-bond donors (Lipinski definition) is 0. The van der Waals surface area contributed by atoms with E-state index in [4.69, 9.17) is 20.9 Å². The zero-order chi connectivity index (χ0) is 24.2. The van der Waals surface area contributed by atoms with E-state index in [2.05, 4.69) is 105 Å². The van der Waals surface area contributed by atoms with Gasteiger partial charge in [-0.25, -0.2) is 0 Å². The SMILES string of the molecule is CC1(C)OB(CC(CN(Cc2ccccc2)Cc2ccccc2)c2ccccc2Cl)OC1(C)C. The van der Waals surface area contributed by atoms with E-state index in [1.54, 1.807) is 0 Å². The van der Waals surface area contributed by atoms with E-state index in [1.165, 1.54) is 11.1 Å². The maximum Gasteiger partial charge on any atom is 0.458 e. The molecule has 0 spiro atoms. The molecule has 1 fully saturated rings. The van der Waals surface area contributed by atoms with Crippen LogP contribution in [0.1, 0.15) is 50.3 Å². The van der Waals surface area contributed by atoms with Gasteiger partial charge in [-0.3, -0.25) is 4.90 Å². The first-order valence-electron chi connectivity index (χ1n) is 12.1. The lowest BCUT2D eigenvalue weighted by molar-refractivity contribution is 0.00578. The summed E-state index contributed by atoms with van der Waals surface area (Å²) in [5, 5.41) is 0.795. The van der Waals surface area contributed by atoms with Crippen LogP contribution < -0.4 is 0 Å². The third-order valence-corrected chi connectivity index (χ3v) is 7.44. The molecule has 0 bridgehead atoms.